The van der Waals surface area contributed by atoms with Gasteiger partial charge >= 0.3 is 0 Å². The van der Waals surface area contributed by atoms with E-state index in [0.717, 1.165) is 21.9 Å². The second-order valence-electron chi connectivity index (χ2n) is 5.82. The van der Waals surface area contributed by atoms with Crippen molar-refractivity contribution in [1.82, 2.24) is 0 Å². The van der Waals surface area contributed by atoms with Gasteiger partial charge in [0.1, 0.15) is 4.99 Å². The van der Waals surface area contributed by atoms with E-state index in [2.05, 4.69) is 26.9 Å². The maximum Gasteiger partial charge on any atom is 0.104 e. The minimum Gasteiger partial charge on any atom is -0.389 e. The molecule has 19 heavy (non-hydrogen) atoms. The summed E-state index contributed by atoms with van der Waals surface area (Å²) in [5.41, 5.74) is 7.91. The van der Waals surface area contributed by atoms with Gasteiger partial charge in [-0.3, -0.25) is 0 Å². The van der Waals surface area contributed by atoms with Crippen LogP contribution in [-0.2, 0) is 0 Å². The van der Waals surface area contributed by atoms with Gasteiger partial charge in [0.25, 0.3) is 0 Å². The molecule has 0 spiro atoms. The third-order valence-corrected chi connectivity index (χ3v) is 4.79. The Hall–Kier alpha value is -0.610. The Morgan fingerprint density at radius 3 is 2.21 bits per heavy atom. The first kappa shape index (κ1) is 13.4. The van der Waals surface area contributed by atoms with Crippen molar-refractivity contribution in [2.45, 2.75) is 25.7 Å². The van der Waals surface area contributed by atoms with E-state index in [4.69, 9.17) is 18.0 Å². The summed E-state index contributed by atoms with van der Waals surface area (Å²) in [5.74, 6) is 1.81. The Bertz CT molecular complexity index is 481. The van der Waals surface area contributed by atoms with Crippen molar-refractivity contribution in [2.75, 3.05) is 18.0 Å². The Morgan fingerprint density at radius 2 is 1.79 bits per heavy atom. The van der Waals surface area contributed by atoms with Crippen molar-refractivity contribution in [3.05, 3.63) is 28.2 Å². The molecule has 2 nitrogen and oxygen atoms in total. The van der Waals surface area contributed by atoms with E-state index >= 15 is 0 Å². The van der Waals surface area contributed by atoms with Gasteiger partial charge in [-0.15, -0.1) is 0 Å². The number of benzene rings is 1. The molecule has 1 aromatic rings. The second-order valence-corrected chi connectivity index (χ2v) is 7.12. The molecule has 2 fully saturated rings. The molecule has 0 atom stereocenters. The zero-order valence-electron chi connectivity index (χ0n) is 10.9. The van der Waals surface area contributed by atoms with Gasteiger partial charge in [0.2, 0.25) is 0 Å². The van der Waals surface area contributed by atoms with Crippen LogP contribution < -0.4 is 10.6 Å². The lowest BCUT2D eigenvalue weighted by atomic mass is 10.1. The summed E-state index contributed by atoms with van der Waals surface area (Å²) < 4.78 is 1.11. The predicted octanol–water partition coefficient (Wildman–Crippen LogP) is 3.71. The fourth-order valence-electron chi connectivity index (χ4n) is 2.41. The molecule has 0 bridgehead atoms. The summed E-state index contributed by atoms with van der Waals surface area (Å²) in [6.45, 7) is 2.39. The highest BCUT2D eigenvalue weighted by Crippen LogP contribution is 2.38. The van der Waals surface area contributed by atoms with Crippen LogP contribution in [0.2, 0.25) is 0 Å². The lowest BCUT2D eigenvalue weighted by molar-refractivity contribution is 0.678. The Kier molecular flexibility index (Phi) is 3.81. The highest BCUT2D eigenvalue weighted by Gasteiger charge is 2.30. The zero-order chi connectivity index (χ0) is 13.4. The number of rotatable bonds is 6. The summed E-state index contributed by atoms with van der Waals surface area (Å²) in [7, 11) is 0. The van der Waals surface area contributed by atoms with Crippen LogP contribution in [0.25, 0.3) is 0 Å². The minimum atomic E-state index is 0.461. The van der Waals surface area contributed by atoms with Crippen LogP contribution in [0.4, 0.5) is 5.69 Å². The van der Waals surface area contributed by atoms with Gasteiger partial charge in [0.05, 0.1) is 5.69 Å². The smallest absolute Gasteiger partial charge is 0.104 e. The van der Waals surface area contributed by atoms with E-state index in [9.17, 15) is 0 Å². The Morgan fingerprint density at radius 1 is 1.21 bits per heavy atom. The summed E-state index contributed by atoms with van der Waals surface area (Å²) in [6, 6.07) is 6.24. The summed E-state index contributed by atoms with van der Waals surface area (Å²) in [4.78, 5) is 3.01. The molecule has 0 radical (unpaired) electrons. The van der Waals surface area contributed by atoms with Crippen LogP contribution in [-0.4, -0.2) is 18.1 Å². The van der Waals surface area contributed by atoms with Gasteiger partial charge < -0.3 is 10.6 Å². The van der Waals surface area contributed by atoms with E-state index in [1.54, 1.807) is 0 Å². The third-order valence-electron chi connectivity index (χ3n) is 3.92. The molecule has 0 aromatic heterocycles. The molecule has 0 aliphatic heterocycles. The van der Waals surface area contributed by atoms with Crippen molar-refractivity contribution < 1.29 is 0 Å². The predicted molar refractivity (Wildman–Crippen MR) is 87.7 cm³/mol. The van der Waals surface area contributed by atoms with Gasteiger partial charge in [0.15, 0.2) is 0 Å². The second kappa shape index (κ2) is 5.41. The van der Waals surface area contributed by atoms with Crippen LogP contribution in [0.5, 0.6) is 0 Å². The number of nitrogens with zero attached hydrogens (tertiary/aromatic N) is 1. The summed E-state index contributed by atoms with van der Waals surface area (Å²) in [6.07, 6.45) is 5.57. The molecule has 0 amide bonds. The fraction of sp³-hybridized carbons (Fsp3) is 0.533. The van der Waals surface area contributed by atoms with Crippen molar-refractivity contribution >= 4 is 38.8 Å². The van der Waals surface area contributed by atoms with Crippen LogP contribution >= 0.6 is 28.1 Å². The largest absolute Gasteiger partial charge is 0.389 e. The van der Waals surface area contributed by atoms with Crippen LogP contribution in [0, 0.1) is 11.8 Å². The molecule has 4 heteroatoms. The maximum atomic E-state index is 5.69. The SMILES string of the molecule is NC(=S)c1ccc(N(CC2CC2)CC2CC2)c(Br)c1. The number of hydrogen-bond donors (Lipinski definition) is 1. The van der Waals surface area contributed by atoms with Gasteiger partial charge in [-0.2, -0.15) is 0 Å². The first-order valence-corrected chi connectivity index (χ1v) is 8.18. The van der Waals surface area contributed by atoms with Crippen LogP contribution in [0.3, 0.4) is 0 Å². The molecule has 3 rings (SSSR count). The van der Waals surface area contributed by atoms with E-state index in [1.165, 1.54) is 44.5 Å². The number of thiocarbonyl (C=S) groups is 1. The summed E-state index contributed by atoms with van der Waals surface area (Å²) in [5, 5.41) is 0. The lowest BCUT2D eigenvalue weighted by Crippen LogP contribution is -2.28. The van der Waals surface area contributed by atoms with Crippen molar-refractivity contribution in [3.8, 4) is 0 Å². The first-order valence-electron chi connectivity index (χ1n) is 6.98. The molecule has 2 aliphatic carbocycles. The first-order chi connectivity index (χ1) is 9.13. The van der Waals surface area contributed by atoms with Gasteiger partial charge in [0, 0.05) is 23.1 Å². The number of nitrogens with two attached hydrogens (primary N) is 1. The monoisotopic (exact) mass is 338 g/mol. The van der Waals surface area contributed by atoms with Crippen molar-refractivity contribution in [3.63, 3.8) is 0 Å². The topological polar surface area (TPSA) is 29.3 Å². The molecule has 2 aliphatic rings. The molecule has 1 aromatic carbocycles. The molecule has 0 saturated heterocycles. The lowest BCUT2D eigenvalue weighted by Gasteiger charge is -2.26. The van der Waals surface area contributed by atoms with Gasteiger partial charge in [-0.05, 0) is 71.6 Å². The molecule has 2 saturated carbocycles. The Labute approximate surface area is 128 Å². The molecular weight excluding hydrogens is 320 g/mol. The molecular formula is C15H19BrN2S. The fourth-order valence-corrected chi connectivity index (χ4v) is 3.17. The quantitative estimate of drug-likeness (QED) is 0.801. The van der Waals surface area contributed by atoms with E-state index in [0.29, 0.717) is 4.99 Å². The Balaban J connectivity index is 1.80. The zero-order valence-corrected chi connectivity index (χ0v) is 13.3. The van der Waals surface area contributed by atoms with E-state index in [-0.39, 0.29) is 0 Å². The normalized spacial score (nSPS) is 18.4. The number of hydrogen-bond acceptors (Lipinski definition) is 2. The maximum absolute atomic E-state index is 5.69. The van der Waals surface area contributed by atoms with Crippen LogP contribution in [0.15, 0.2) is 22.7 Å². The average molecular weight is 339 g/mol. The highest BCUT2D eigenvalue weighted by molar-refractivity contribution is 9.10. The summed E-state index contributed by atoms with van der Waals surface area (Å²) >= 11 is 8.71. The van der Waals surface area contributed by atoms with Crippen LogP contribution in [0.1, 0.15) is 31.2 Å². The minimum absolute atomic E-state index is 0.461. The van der Waals surface area contributed by atoms with E-state index < -0.39 is 0 Å². The molecule has 2 N–H and O–H groups in total. The van der Waals surface area contributed by atoms with Crippen molar-refractivity contribution in [1.29, 1.82) is 0 Å². The highest BCUT2D eigenvalue weighted by atomic mass is 79.9. The van der Waals surface area contributed by atoms with Gasteiger partial charge in [-0.1, -0.05) is 12.2 Å². The number of anilines is 1. The molecule has 0 unspecified atom stereocenters. The molecule has 102 valence electrons. The standard InChI is InChI=1S/C15H19BrN2S/c16-13-7-12(15(17)19)5-6-14(13)18(8-10-1-2-10)9-11-3-4-11/h5-7,10-11H,1-4,8-9H2,(H2,17,19). The average Bonchev–Trinajstić information content (AvgIpc) is 3.23. The third kappa shape index (κ3) is 3.48. The molecule has 0 heterocycles. The van der Waals surface area contributed by atoms with Crippen molar-refractivity contribution in [2.24, 2.45) is 17.6 Å². The van der Waals surface area contributed by atoms with Gasteiger partial charge in [-0.25, -0.2) is 0 Å². The number of halogens is 1. The van der Waals surface area contributed by atoms with E-state index in [1.807, 2.05) is 12.1 Å².